The number of aromatic hydroxyl groups is 1. The Kier molecular flexibility index (Phi) is 4.88. The second-order valence-corrected chi connectivity index (χ2v) is 3.20. The van der Waals surface area contributed by atoms with Crippen LogP contribution >= 0.6 is 0 Å². The van der Waals surface area contributed by atoms with Crippen molar-refractivity contribution in [2.24, 2.45) is 0 Å². The summed E-state index contributed by atoms with van der Waals surface area (Å²) in [6, 6.07) is 10.7. The summed E-state index contributed by atoms with van der Waals surface area (Å²) in [4.78, 5) is 14.0. The number of aromatic nitrogens is 1. The van der Waals surface area contributed by atoms with Gasteiger partial charge in [-0.25, -0.2) is 4.79 Å². The van der Waals surface area contributed by atoms with E-state index in [1.54, 1.807) is 24.5 Å². The first-order chi connectivity index (χ1) is 8.63. The molecule has 0 radical (unpaired) electrons. The van der Waals surface area contributed by atoms with E-state index in [0.717, 1.165) is 0 Å². The fourth-order valence-electron chi connectivity index (χ4n) is 1.03. The lowest BCUT2D eigenvalue weighted by molar-refractivity contribution is 0.0697. The van der Waals surface area contributed by atoms with Crippen LogP contribution in [0.4, 0.5) is 0 Å². The van der Waals surface area contributed by atoms with Crippen LogP contribution in [0.25, 0.3) is 0 Å². The Morgan fingerprint density at radius 2 is 1.67 bits per heavy atom. The number of carboxylic acids is 1. The highest BCUT2D eigenvalue weighted by molar-refractivity contribution is 5.87. The van der Waals surface area contributed by atoms with Gasteiger partial charge in [0, 0.05) is 12.4 Å². The summed E-state index contributed by atoms with van der Waals surface area (Å²) < 4.78 is 0. The predicted molar refractivity (Wildman–Crippen MR) is 64.0 cm³/mol. The van der Waals surface area contributed by atoms with E-state index in [-0.39, 0.29) is 11.3 Å². The van der Waals surface area contributed by atoms with Crippen molar-refractivity contribution in [1.82, 2.24) is 4.98 Å². The highest BCUT2D eigenvalue weighted by Gasteiger charge is 1.99. The Labute approximate surface area is 104 Å². The molecule has 90 valence electrons. The topological polar surface area (TPSA) is 94.2 Å². The molecule has 2 rings (SSSR count). The van der Waals surface area contributed by atoms with Gasteiger partial charge in [0.05, 0.1) is 17.2 Å². The molecule has 1 aromatic carbocycles. The Balaban J connectivity index is 0.000000184. The quantitative estimate of drug-likeness (QED) is 0.798. The number of pyridine rings is 1. The van der Waals surface area contributed by atoms with Crippen molar-refractivity contribution in [3.05, 3.63) is 59.9 Å². The van der Waals surface area contributed by atoms with Gasteiger partial charge < -0.3 is 10.2 Å². The van der Waals surface area contributed by atoms with E-state index in [1.165, 1.54) is 24.3 Å². The van der Waals surface area contributed by atoms with Gasteiger partial charge in [0.1, 0.15) is 5.75 Å². The van der Waals surface area contributed by atoms with E-state index in [9.17, 15) is 4.79 Å². The fourth-order valence-corrected chi connectivity index (χ4v) is 1.03. The summed E-state index contributed by atoms with van der Waals surface area (Å²) in [5.41, 5.74) is 0.831. The van der Waals surface area contributed by atoms with Crippen LogP contribution < -0.4 is 0 Å². The minimum Gasteiger partial charge on any atom is -0.508 e. The molecule has 5 nitrogen and oxygen atoms in total. The Morgan fingerprint density at radius 3 is 2.06 bits per heavy atom. The normalized spacial score (nSPS) is 8.61. The van der Waals surface area contributed by atoms with Crippen molar-refractivity contribution in [2.45, 2.75) is 0 Å². The van der Waals surface area contributed by atoms with Gasteiger partial charge in [0.2, 0.25) is 0 Å². The first kappa shape index (κ1) is 13.2. The third kappa shape index (κ3) is 4.33. The molecule has 0 saturated carbocycles. The Bertz CT molecular complexity index is 545. The predicted octanol–water partition coefficient (Wildman–Crippen LogP) is 2.04. The number of nitriles is 1. The molecule has 0 spiro atoms. The van der Waals surface area contributed by atoms with E-state index >= 15 is 0 Å². The third-order valence-corrected chi connectivity index (χ3v) is 1.92. The molecule has 0 atom stereocenters. The molecule has 0 fully saturated rings. The molecule has 18 heavy (non-hydrogen) atoms. The Morgan fingerprint density at radius 1 is 1.11 bits per heavy atom. The highest BCUT2D eigenvalue weighted by Crippen LogP contribution is 2.08. The zero-order chi connectivity index (χ0) is 13.4. The van der Waals surface area contributed by atoms with Crippen molar-refractivity contribution in [3.63, 3.8) is 0 Å². The van der Waals surface area contributed by atoms with E-state index in [1.807, 2.05) is 6.07 Å². The number of hydrogen-bond donors (Lipinski definition) is 2. The van der Waals surface area contributed by atoms with Crippen LogP contribution in [-0.2, 0) is 0 Å². The van der Waals surface area contributed by atoms with Crippen LogP contribution in [0.3, 0.4) is 0 Å². The first-order valence-electron chi connectivity index (χ1n) is 4.96. The van der Waals surface area contributed by atoms with Gasteiger partial charge in [-0.3, -0.25) is 4.98 Å². The van der Waals surface area contributed by atoms with Crippen LogP contribution in [0.1, 0.15) is 15.9 Å². The van der Waals surface area contributed by atoms with Crippen molar-refractivity contribution in [1.29, 1.82) is 5.26 Å². The summed E-state index contributed by atoms with van der Waals surface area (Å²) in [6.45, 7) is 0. The fraction of sp³-hybridized carbons (Fsp3) is 0. The average Bonchev–Trinajstić information content (AvgIpc) is 2.41. The maximum atomic E-state index is 10.2. The van der Waals surface area contributed by atoms with Gasteiger partial charge >= 0.3 is 5.97 Å². The summed E-state index contributed by atoms with van der Waals surface area (Å²) >= 11 is 0. The molecule has 1 heterocycles. The molecule has 0 unspecified atom stereocenters. The number of phenols is 1. The van der Waals surface area contributed by atoms with E-state index < -0.39 is 5.97 Å². The number of aromatic carboxylic acids is 1. The largest absolute Gasteiger partial charge is 0.508 e. The Hall–Kier alpha value is -2.87. The van der Waals surface area contributed by atoms with Gasteiger partial charge in [0.15, 0.2) is 0 Å². The summed E-state index contributed by atoms with van der Waals surface area (Å²) in [5, 5.41) is 25.4. The number of carboxylic acid groups (broad SMARTS) is 1. The zero-order valence-corrected chi connectivity index (χ0v) is 9.32. The minimum atomic E-state index is -0.986. The SMILES string of the molecule is N#Cc1ccncc1.O=C(O)c1ccc(O)cc1. The van der Waals surface area contributed by atoms with Gasteiger partial charge in [-0.1, -0.05) is 0 Å². The summed E-state index contributed by atoms with van der Waals surface area (Å²) in [5.74, 6) is -0.912. The second kappa shape index (κ2) is 6.66. The summed E-state index contributed by atoms with van der Waals surface area (Å²) in [6.07, 6.45) is 3.19. The maximum Gasteiger partial charge on any atom is 0.335 e. The van der Waals surface area contributed by atoms with Crippen LogP contribution in [0, 0.1) is 11.3 Å². The smallest absolute Gasteiger partial charge is 0.335 e. The van der Waals surface area contributed by atoms with Gasteiger partial charge in [-0.2, -0.15) is 5.26 Å². The molecular formula is C13H10N2O3. The van der Waals surface area contributed by atoms with Crippen LogP contribution in [0.2, 0.25) is 0 Å². The molecule has 2 N–H and O–H groups in total. The second-order valence-electron chi connectivity index (χ2n) is 3.20. The molecule has 0 aliphatic carbocycles. The van der Waals surface area contributed by atoms with Gasteiger partial charge in [-0.05, 0) is 36.4 Å². The number of phenolic OH excluding ortho intramolecular Hbond substituents is 1. The van der Waals surface area contributed by atoms with Gasteiger partial charge in [-0.15, -0.1) is 0 Å². The lowest BCUT2D eigenvalue weighted by atomic mass is 10.2. The standard InChI is InChI=1S/C7H6O3.C6H4N2/c8-6-3-1-5(2-4-6)7(9)10;7-5-6-1-3-8-4-2-6/h1-4,8H,(H,9,10);1-4H. The van der Waals surface area contributed by atoms with Gasteiger partial charge in [0.25, 0.3) is 0 Å². The summed E-state index contributed by atoms with van der Waals surface area (Å²) in [7, 11) is 0. The number of nitrogens with zero attached hydrogens (tertiary/aromatic N) is 2. The van der Waals surface area contributed by atoms with Crippen molar-refractivity contribution < 1.29 is 15.0 Å². The molecule has 2 aromatic rings. The van der Waals surface area contributed by atoms with Crippen LogP contribution in [0.5, 0.6) is 5.75 Å². The lowest BCUT2D eigenvalue weighted by Crippen LogP contribution is -1.93. The monoisotopic (exact) mass is 242 g/mol. The maximum absolute atomic E-state index is 10.2. The molecule has 0 aliphatic heterocycles. The van der Waals surface area contributed by atoms with Crippen LogP contribution in [0.15, 0.2) is 48.8 Å². The lowest BCUT2D eigenvalue weighted by Gasteiger charge is -1.92. The molecule has 5 heteroatoms. The minimum absolute atomic E-state index is 0.0741. The third-order valence-electron chi connectivity index (χ3n) is 1.92. The van der Waals surface area contributed by atoms with E-state index in [4.69, 9.17) is 15.5 Å². The average molecular weight is 242 g/mol. The molecular weight excluding hydrogens is 232 g/mol. The van der Waals surface area contributed by atoms with E-state index in [2.05, 4.69) is 4.98 Å². The zero-order valence-electron chi connectivity index (χ0n) is 9.32. The first-order valence-corrected chi connectivity index (χ1v) is 4.96. The molecule has 0 saturated heterocycles. The number of carbonyl (C=O) groups is 1. The van der Waals surface area contributed by atoms with Crippen molar-refractivity contribution in [2.75, 3.05) is 0 Å². The van der Waals surface area contributed by atoms with Crippen molar-refractivity contribution in [3.8, 4) is 11.8 Å². The highest BCUT2D eigenvalue weighted by atomic mass is 16.4. The molecule has 0 amide bonds. The molecule has 0 aliphatic rings. The van der Waals surface area contributed by atoms with E-state index in [0.29, 0.717) is 5.56 Å². The van der Waals surface area contributed by atoms with Crippen molar-refractivity contribution >= 4 is 5.97 Å². The van der Waals surface area contributed by atoms with Crippen LogP contribution in [-0.4, -0.2) is 21.2 Å². The number of rotatable bonds is 1. The molecule has 1 aromatic heterocycles. The molecule has 0 bridgehead atoms. The number of hydrogen-bond acceptors (Lipinski definition) is 4. The number of benzene rings is 1.